The molecule has 0 aliphatic carbocycles. The second-order valence-electron chi connectivity index (χ2n) is 7.05. The van der Waals surface area contributed by atoms with Crippen molar-refractivity contribution < 1.29 is 23.1 Å². The first-order valence-corrected chi connectivity index (χ1v) is 8.94. The average molecular weight is 398 g/mol. The van der Waals surface area contributed by atoms with Crippen LogP contribution in [0.15, 0.2) is 48.7 Å². The van der Waals surface area contributed by atoms with Gasteiger partial charge in [0.25, 0.3) is 0 Å². The molecule has 29 heavy (non-hydrogen) atoms. The van der Waals surface area contributed by atoms with Crippen LogP contribution >= 0.6 is 0 Å². The van der Waals surface area contributed by atoms with Crippen LogP contribution in [0.2, 0.25) is 0 Å². The Labute approximate surface area is 164 Å². The lowest BCUT2D eigenvalue weighted by Gasteiger charge is -2.11. The minimum Gasteiger partial charge on any atom is -0.480 e. The fourth-order valence-electron chi connectivity index (χ4n) is 3.82. The molecule has 1 N–H and O–H groups in total. The van der Waals surface area contributed by atoms with E-state index >= 15 is 0 Å². The molecule has 0 atom stereocenters. The highest BCUT2D eigenvalue weighted by atomic mass is 19.4. The van der Waals surface area contributed by atoms with Gasteiger partial charge in [-0.05, 0) is 55.8 Å². The van der Waals surface area contributed by atoms with Gasteiger partial charge < -0.3 is 9.67 Å². The average Bonchev–Trinajstić information content (AvgIpc) is 2.90. The largest absolute Gasteiger partial charge is 0.480 e. The van der Waals surface area contributed by atoms with Gasteiger partial charge in [-0.3, -0.25) is 9.78 Å². The molecule has 0 saturated heterocycles. The molecule has 7 heteroatoms. The van der Waals surface area contributed by atoms with Gasteiger partial charge in [0, 0.05) is 33.7 Å². The molecule has 0 amide bonds. The fraction of sp³-hybridized carbons (Fsp3) is 0.182. The molecule has 0 saturated carbocycles. The molecule has 0 radical (unpaired) electrons. The molecular weight excluding hydrogens is 381 g/mol. The monoisotopic (exact) mass is 398 g/mol. The summed E-state index contributed by atoms with van der Waals surface area (Å²) in [7, 11) is 0. The van der Waals surface area contributed by atoms with E-state index in [0.717, 1.165) is 34.2 Å². The van der Waals surface area contributed by atoms with E-state index in [-0.39, 0.29) is 6.54 Å². The quantitative estimate of drug-likeness (QED) is 0.490. The minimum atomic E-state index is -4.47. The number of carboxylic acids is 1. The summed E-state index contributed by atoms with van der Waals surface area (Å²) in [6, 6.07) is 10.8. The van der Waals surface area contributed by atoms with Crippen molar-refractivity contribution in [1.82, 2.24) is 9.55 Å². The minimum absolute atomic E-state index is 0.234. The number of pyridine rings is 1. The van der Waals surface area contributed by atoms with Gasteiger partial charge in [-0.15, -0.1) is 0 Å². The van der Waals surface area contributed by atoms with Gasteiger partial charge in [0.2, 0.25) is 0 Å². The van der Waals surface area contributed by atoms with E-state index < -0.39 is 17.7 Å². The zero-order valence-corrected chi connectivity index (χ0v) is 15.7. The molecule has 0 aliphatic rings. The van der Waals surface area contributed by atoms with Crippen molar-refractivity contribution in [3.05, 3.63) is 65.5 Å². The third kappa shape index (κ3) is 3.22. The van der Waals surface area contributed by atoms with Crippen molar-refractivity contribution in [2.45, 2.75) is 26.6 Å². The Morgan fingerprint density at radius 3 is 2.52 bits per heavy atom. The van der Waals surface area contributed by atoms with Crippen LogP contribution in [0.1, 0.15) is 16.8 Å². The lowest BCUT2D eigenvalue weighted by atomic mass is 9.97. The first-order valence-electron chi connectivity index (χ1n) is 8.94. The number of aryl methyl sites for hydroxylation is 1. The summed E-state index contributed by atoms with van der Waals surface area (Å²) >= 11 is 0. The van der Waals surface area contributed by atoms with Crippen molar-refractivity contribution in [1.29, 1.82) is 0 Å². The van der Waals surface area contributed by atoms with Gasteiger partial charge in [0.1, 0.15) is 6.54 Å². The maximum Gasteiger partial charge on any atom is 0.416 e. The molecule has 4 aromatic rings. The number of aliphatic carboxylic acids is 1. The number of carboxylic acid groups (broad SMARTS) is 1. The van der Waals surface area contributed by atoms with E-state index in [0.29, 0.717) is 22.2 Å². The smallest absolute Gasteiger partial charge is 0.416 e. The van der Waals surface area contributed by atoms with Gasteiger partial charge in [-0.25, -0.2) is 0 Å². The van der Waals surface area contributed by atoms with Crippen LogP contribution in [0, 0.1) is 13.8 Å². The molecule has 0 aliphatic heterocycles. The van der Waals surface area contributed by atoms with Crippen molar-refractivity contribution in [3.8, 4) is 11.1 Å². The first-order chi connectivity index (χ1) is 13.7. The van der Waals surface area contributed by atoms with E-state index in [4.69, 9.17) is 0 Å². The van der Waals surface area contributed by atoms with E-state index in [1.165, 1.54) is 6.07 Å². The number of hydrogen-bond acceptors (Lipinski definition) is 2. The predicted molar refractivity (Wildman–Crippen MR) is 105 cm³/mol. The summed E-state index contributed by atoms with van der Waals surface area (Å²) in [5, 5.41) is 10.5. The number of halogens is 3. The highest BCUT2D eigenvalue weighted by Gasteiger charge is 2.31. The van der Waals surface area contributed by atoms with Crippen LogP contribution in [0.5, 0.6) is 0 Å². The third-order valence-electron chi connectivity index (χ3n) is 5.11. The number of hydrogen-bond donors (Lipinski definition) is 1. The summed E-state index contributed by atoms with van der Waals surface area (Å²) < 4.78 is 41.6. The topological polar surface area (TPSA) is 55.1 Å². The van der Waals surface area contributed by atoms with Gasteiger partial charge in [-0.2, -0.15) is 13.2 Å². The molecule has 4 rings (SSSR count). The van der Waals surface area contributed by atoms with E-state index in [2.05, 4.69) is 4.98 Å². The standard InChI is InChI=1S/C22H17F3N2O2/c1-12-3-6-19-17(9-12)21(13(2)27(19)11-20(28)29)15-7-8-26-18-5-4-14(10-16(15)18)22(23,24)25/h3-10H,11H2,1-2H3,(H,28,29). The van der Waals surface area contributed by atoms with Crippen LogP contribution < -0.4 is 0 Å². The van der Waals surface area contributed by atoms with E-state index in [1.54, 1.807) is 23.8 Å². The van der Waals surface area contributed by atoms with Gasteiger partial charge in [0.05, 0.1) is 11.1 Å². The molecular formula is C22H17F3N2O2. The summed E-state index contributed by atoms with van der Waals surface area (Å²) in [5.74, 6) is -0.990. The highest BCUT2D eigenvalue weighted by Crippen LogP contribution is 2.40. The zero-order valence-electron chi connectivity index (χ0n) is 15.7. The highest BCUT2D eigenvalue weighted by molar-refractivity contribution is 6.06. The number of aromatic nitrogens is 2. The molecule has 0 bridgehead atoms. The van der Waals surface area contributed by atoms with Crippen LogP contribution in [0.4, 0.5) is 13.2 Å². The fourth-order valence-corrected chi connectivity index (χ4v) is 3.82. The van der Waals surface area contributed by atoms with Crippen LogP contribution in [0.25, 0.3) is 32.9 Å². The Bertz CT molecular complexity index is 1270. The van der Waals surface area contributed by atoms with E-state index in [9.17, 15) is 23.1 Å². The molecule has 2 heterocycles. The Kier molecular flexibility index (Phi) is 4.33. The maximum absolute atomic E-state index is 13.3. The summed E-state index contributed by atoms with van der Waals surface area (Å²) in [4.78, 5) is 15.6. The van der Waals surface area contributed by atoms with Gasteiger partial charge in [-0.1, -0.05) is 11.6 Å². The third-order valence-corrected chi connectivity index (χ3v) is 5.11. The van der Waals surface area contributed by atoms with Crippen molar-refractivity contribution in [2.24, 2.45) is 0 Å². The van der Waals surface area contributed by atoms with Crippen molar-refractivity contribution in [2.75, 3.05) is 0 Å². The second kappa shape index (κ2) is 6.62. The Morgan fingerprint density at radius 1 is 1.07 bits per heavy atom. The molecule has 0 fully saturated rings. The summed E-state index contributed by atoms with van der Waals surface area (Å²) in [6.07, 6.45) is -2.91. The molecule has 0 unspecified atom stereocenters. The number of rotatable bonds is 3. The van der Waals surface area contributed by atoms with Crippen LogP contribution in [-0.4, -0.2) is 20.6 Å². The molecule has 4 nitrogen and oxygen atoms in total. The lowest BCUT2D eigenvalue weighted by molar-refractivity contribution is -0.138. The maximum atomic E-state index is 13.3. The Morgan fingerprint density at radius 2 is 1.83 bits per heavy atom. The number of fused-ring (bicyclic) bond motifs is 2. The summed E-state index contributed by atoms with van der Waals surface area (Å²) in [6.45, 7) is 3.47. The lowest BCUT2D eigenvalue weighted by Crippen LogP contribution is -2.09. The number of carbonyl (C=O) groups is 1. The molecule has 2 aromatic carbocycles. The Balaban J connectivity index is 2.09. The van der Waals surface area contributed by atoms with Crippen LogP contribution in [-0.2, 0) is 17.5 Å². The summed E-state index contributed by atoms with van der Waals surface area (Å²) in [5.41, 5.74) is 3.39. The normalized spacial score (nSPS) is 12.0. The number of nitrogens with zero attached hydrogens (tertiary/aromatic N) is 2. The Hall–Kier alpha value is -3.35. The first kappa shape index (κ1) is 19.0. The molecule has 0 spiro atoms. The van der Waals surface area contributed by atoms with Gasteiger partial charge >= 0.3 is 12.1 Å². The van der Waals surface area contributed by atoms with Crippen molar-refractivity contribution in [3.63, 3.8) is 0 Å². The van der Waals surface area contributed by atoms with Crippen LogP contribution in [0.3, 0.4) is 0 Å². The SMILES string of the molecule is Cc1ccc2c(c1)c(-c1ccnc3ccc(C(F)(F)F)cc13)c(C)n2CC(=O)O. The molecule has 148 valence electrons. The second-order valence-corrected chi connectivity index (χ2v) is 7.05. The predicted octanol–water partition coefficient (Wildman–Crippen LogP) is 5.58. The zero-order chi connectivity index (χ0) is 20.9. The number of alkyl halides is 3. The van der Waals surface area contributed by atoms with E-state index in [1.807, 2.05) is 25.1 Å². The number of benzene rings is 2. The van der Waals surface area contributed by atoms with Gasteiger partial charge in [0.15, 0.2) is 0 Å². The molecule has 2 aromatic heterocycles. The van der Waals surface area contributed by atoms with Crippen molar-refractivity contribution >= 4 is 27.8 Å².